The summed E-state index contributed by atoms with van der Waals surface area (Å²) in [5.74, 6) is -2.35. The molecule has 1 amide bonds. The predicted octanol–water partition coefficient (Wildman–Crippen LogP) is 3.59. The summed E-state index contributed by atoms with van der Waals surface area (Å²) >= 11 is 0. The van der Waals surface area contributed by atoms with Gasteiger partial charge in [-0.1, -0.05) is 43.9 Å². The third kappa shape index (κ3) is 5.82. The van der Waals surface area contributed by atoms with Gasteiger partial charge in [-0.05, 0) is 49.1 Å². The minimum absolute atomic E-state index is 0.0553. The number of likely N-dealkylation sites (N-methyl/N-ethyl adjacent to an activating group) is 1. The molecule has 1 aromatic heterocycles. The number of rotatable bonds is 4. The number of aliphatic carboxylic acids is 2. The Morgan fingerprint density at radius 3 is 2.40 bits per heavy atom. The molecule has 2 atom stereocenters. The maximum atomic E-state index is 13.0. The number of hydrogen-bond acceptors (Lipinski definition) is 4. The number of nitrogens with zero attached hydrogens (tertiary/aromatic N) is 1. The molecule has 1 fully saturated rings. The molecule has 5 rings (SSSR count). The van der Waals surface area contributed by atoms with E-state index in [1.807, 2.05) is 0 Å². The van der Waals surface area contributed by atoms with Crippen LogP contribution in [0.5, 0.6) is 0 Å². The largest absolute Gasteiger partial charge is 0.478 e. The zero-order chi connectivity index (χ0) is 24.9. The summed E-state index contributed by atoms with van der Waals surface area (Å²) in [6, 6.07) is 7.23. The molecule has 0 radical (unpaired) electrons. The maximum Gasteiger partial charge on any atom is 0.328 e. The minimum atomic E-state index is -1.26. The Balaban J connectivity index is 0.000000314. The lowest BCUT2D eigenvalue weighted by molar-refractivity contribution is -0.134. The average Bonchev–Trinajstić information content (AvgIpc) is 3.07. The third-order valence-corrected chi connectivity index (χ3v) is 7.18. The standard InChI is InChI=1S/C23H29N3O.C4H4O4/c1-26-14-16(23(27)25-17-7-4-2-3-5-8-17)11-19-18-9-6-10-20-22(18)15(13-24-20)12-21(19)26;5-3(6)1-2-4(7)8/h6,9-11,13,16-17,21,24H,2-5,7-8,12,14H2,1H3,(H,25,27);1-2H,(H,5,6)(H,7,8)/t16-,21?;/m1./s1. The van der Waals surface area contributed by atoms with Gasteiger partial charge in [-0.25, -0.2) is 9.59 Å². The molecular formula is C27H33N3O5. The van der Waals surface area contributed by atoms with E-state index >= 15 is 0 Å². The molecule has 2 heterocycles. The highest BCUT2D eigenvalue weighted by Gasteiger charge is 2.36. The molecule has 0 spiro atoms. The molecule has 1 saturated carbocycles. The first-order valence-corrected chi connectivity index (χ1v) is 12.3. The van der Waals surface area contributed by atoms with Crippen molar-refractivity contribution in [3.8, 4) is 0 Å². The summed E-state index contributed by atoms with van der Waals surface area (Å²) in [4.78, 5) is 37.9. The number of fused-ring (bicyclic) bond motifs is 2. The maximum absolute atomic E-state index is 13.0. The van der Waals surface area contributed by atoms with Crippen LogP contribution in [0, 0.1) is 5.92 Å². The van der Waals surface area contributed by atoms with E-state index in [0.29, 0.717) is 24.2 Å². The molecular weight excluding hydrogens is 446 g/mol. The van der Waals surface area contributed by atoms with Crippen molar-refractivity contribution in [3.05, 3.63) is 53.8 Å². The van der Waals surface area contributed by atoms with Crippen LogP contribution in [0.1, 0.15) is 49.7 Å². The summed E-state index contributed by atoms with van der Waals surface area (Å²) in [7, 11) is 2.17. The number of carbonyl (C=O) groups excluding carboxylic acids is 1. The van der Waals surface area contributed by atoms with Gasteiger partial charge >= 0.3 is 11.9 Å². The van der Waals surface area contributed by atoms with Crippen LogP contribution in [0.15, 0.2) is 42.6 Å². The average molecular weight is 480 g/mol. The van der Waals surface area contributed by atoms with Gasteiger partial charge < -0.3 is 20.5 Å². The van der Waals surface area contributed by atoms with Crippen molar-refractivity contribution in [1.82, 2.24) is 15.2 Å². The summed E-state index contributed by atoms with van der Waals surface area (Å²) < 4.78 is 0. The third-order valence-electron chi connectivity index (χ3n) is 7.18. The molecule has 0 bridgehead atoms. The molecule has 1 aliphatic heterocycles. The van der Waals surface area contributed by atoms with Gasteiger partial charge in [0.25, 0.3) is 0 Å². The van der Waals surface area contributed by atoms with Crippen LogP contribution >= 0.6 is 0 Å². The molecule has 1 aromatic carbocycles. The normalized spacial score (nSPS) is 22.5. The van der Waals surface area contributed by atoms with Crippen LogP contribution in [-0.2, 0) is 20.8 Å². The fourth-order valence-corrected chi connectivity index (χ4v) is 5.49. The van der Waals surface area contributed by atoms with Crippen LogP contribution < -0.4 is 5.32 Å². The van der Waals surface area contributed by atoms with Crippen molar-refractivity contribution in [2.45, 2.75) is 57.0 Å². The number of carbonyl (C=O) groups is 3. The van der Waals surface area contributed by atoms with Crippen LogP contribution in [0.2, 0.25) is 0 Å². The van der Waals surface area contributed by atoms with E-state index in [1.165, 1.54) is 53.3 Å². The summed E-state index contributed by atoms with van der Waals surface area (Å²) in [6.07, 6.45) is 14.0. The molecule has 2 aliphatic carbocycles. The summed E-state index contributed by atoms with van der Waals surface area (Å²) in [5, 5.41) is 20.3. The van der Waals surface area contributed by atoms with Crippen LogP contribution in [0.25, 0.3) is 16.5 Å². The lowest BCUT2D eigenvalue weighted by atomic mass is 9.79. The Morgan fingerprint density at radius 1 is 1.06 bits per heavy atom. The van der Waals surface area contributed by atoms with E-state index < -0.39 is 11.9 Å². The molecule has 35 heavy (non-hydrogen) atoms. The zero-order valence-corrected chi connectivity index (χ0v) is 20.0. The van der Waals surface area contributed by atoms with E-state index in [1.54, 1.807) is 0 Å². The molecule has 186 valence electrons. The van der Waals surface area contributed by atoms with Crippen LogP contribution in [0.4, 0.5) is 0 Å². The SMILES string of the molecule is CN1C[C@H](C(=O)NC2CCCCCC2)C=C2c3cccc4[nH]cc(c34)CC21.O=C(O)C=CC(=O)O. The predicted molar refractivity (Wildman–Crippen MR) is 134 cm³/mol. The molecule has 1 unspecified atom stereocenters. The number of benzene rings is 1. The lowest BCUT2D eigenvalue weighted by Gasteiger charge is -2.39. The van der Waals surface area contributed by atoms with E-state index in [0.717, 1.165) is 25.8 Å². The summed E-state index contributed by atoms with van der Waals surface area (Å²) in [5.41, 5.74) is 5.24. The highest BCUT2D eigenvalue weighted by atomic mass is 16.4. The Labute approximate surface area is 204 Å². The topological polar surface area (TPSA) is 123 Å². The Hall–Kier alpha value is -3.39. The fourth-order valence-electron chi connectivity index (χ4n) is 5.49. The van der Waals surface area contributed by atoms with Gasteiger partial charge in [0.2, 0.25) is 5.91 Å². The Kier molecular flexibility index (Phi) is 7.70. The van der Waals surface area contributed by atoms with Gasteiger partial charge in [0.15, 0.2) is 0 Å². The first-order chi connectivity index (χ1) is 16.8. The molecule has 3 aliphatic rings. The number of carboxylic acid groups (broad SMARTS) is 2. The van der Waals surface area contributed by atoms with E-state index in [2.05, 4.69) is 52.7 Å². The van der Waals surface area contributed by atoms with Crippen molar-refractivity contribution in [2.24, 2.45) is 5.92 Å². The van der Waals surface area contributed by atoms with Gasteiger partial charge in [0.05, 0.1) is 5.92 Å². The quantitative estimate of drug-likeness (QED) is 0.393. The molecule has 0 saturated heterocycles. The second-order valence-electron chi connectivity index (χ2n) is 9.64. The second-order valence-corrected chi connectivity index (χ2v) is 9.64. The van der Waals surface area contributed by atoms with Gasteiger partial charge in [-0.3, -0.25) is 9.69 Å². The first-order valence-electron chi connectivity index (χ1n) is 12.3. The summed E-state index contributed by atoms with van der Waals surface area (Å²) in [6.45, 7) is 0.808. The van der Waals surface area contributed by atoms with Gasteiger partial charge in [0, 0.05) is 47.9 Å². The Bertz CT molecular complexity index is 1140. The smallest absolute Gasteiger partial charge is 0.328 e. The van der Waals surface area contributed by atoms with Crippen molar-refractivity contribution in [1.29, 1.82) is 0 Å². The number of nitrogens with one attached hydrogen (secondary N) is 2. The molecule has 8 nitrogen and oxygen atoms in total. The highest BCUT2D eigenvalue weighted by Crippen LogP contribution is 2.40. The second kappa shape index (κ2) is 10.9. The van der Waals surface area contributed by atoms with Crippen molar-refractivity contribution >= 4 is 34.3 Å². The fraction of sp³-hybridized carbons (Fsp3) is 0.444. The van der Waals surface area contributed by atoms with Gasteiger partial charge in [0.1, 0.15) is 0 Å². The van der Waals surface area contributed by atoms with Crippen LogP contribution in [-0.4, -0.2) is 63.6 Å². The Morgan fingerprint density at radius 2 is 1.74 bits per heavy atom. The van der Waals surface area contributed by atoms with Crippen molar-refractivity contribution in [2.75, 3.05) is 13.6 Å². The zero-order valence-electron chi connectivity index (χ0n) is 20.0. The number of carboxylic acids is 2. The van der Waals surface area contributed by atoms with Crippen molar-refractivity contribution in [3.63, 3.8) is 0 Å². The molecule has 8 heteroatoms. The minimum Gasteiger partial charge on any atom is -0.478 e. The first kappa shape index (κ1) is 24.7. The van der Waals surface area contributed by atoms with Crippen LogP contribution in [0.3, 0.4) is 0 Å². The number of amides is 1. The van der Waals surface area contributed by atoms with Crippen molar-refractivity contribution < 1.29 is 24.6 Å². The lowest BCUT2D eigenvalue weighted by Crippen LogP contribution is -2.48. The molecule has 2 aromatic rings. The number of H-pyrrole nitrogens is 1. The van der Waals surface area contributed by atoms with Gasteiger partial charge in [-0.2, -0.15) is 0 Å². The number of aromatic amines is 1. The number of aromatic nitrogens is 1. The van der Waals surface area contributed by atoms with E-state index in [4.69, 9.17) is 10.2 Å². The molecule has 4 N–H and O–H groups in total. The van der Waals surface area contributed by atoms with E-state index in [-0.39, 0.29) is 11.8 Å². The van der Waals surface area contributed by atoms with E-state index in [9.17, 15) is 14.4 Å². The monoisotopic (exact) mass is 479 g/mol. The highest BCUT2D eigenvalue weighted by molar-refractivity contribution is 5.99. The van der Waals surface area contributed by atoms with Gasteiger partial charge in [-0.15, -0.1) is 0 Å². The number of hydrogen-bond donors (Lipinski definition) is 4.